The van der Waals surface area contributed by atoms with Crippen LogP contribution in [0.15, 0.2) is 41.9 Å². The zero-order chi connectivity index (χ0) is 16.5. The number of aromatic nitrogens is 1. The van der Waals surface area contributed by atoms with Gasteiger partial charge in [-0.3, -0.25) is 4.79 Å². The molecule has 24 heavy (non-hydrogen) atoms. The molecule has 1 N–H and O–H groups in total. The van der Waals surface area contributed by atoms with E-state index in [1.807, 2.05) is 28.5 Å². The number of methoxy groups -OCH3 is 1. The smallest absolute Gasteiger partial charge is 0.263 e. The van der Waals surface area contributed by atoms with E-state index in [2.05, 4.69) is 23.3 Å². The zero-order valence-corrected chi connectivity index (χ0v) is 14.4. The summed E-state index contributed by atoms with van der Waals surface area (Å²) < 4.78 is 5.36. The third kappa shape index (κ3) is 2.69. The molecule has 1 amide bonds. The highest BCUT2D eigenvalue weighted by Crippen LogP contribution is 2.35. The van der Waals surface area contributed by atoms with Crippen LogP contribution >= 0.6 is 11.3 Å². The van der Waals surface area contributed by atoms with Gasteiger partial charge in [0.25, 0.3) is 5.91 Å². The van der Waals surface area contributed by atoms with Gasteiger partial charge in [0.15, 0.2) is 0 Å². The molecule has 0 radical (unpaired) electrons. The first-order chi connectivity index (χ1) is 11.8. The Morgan fingerprint density at radius 3 is 2.83 bits per heavy atom. The monoisotopic (exact) mass is 340 g/mol. The van der Waals surface area contributed by atoms with E-state index < -0.39 is 0 Å². The highest BCUT2D eigenvalue weighted by molar-refractivity contribution is 7.12. The number of fused-ring (bicyclic) bond motifs is 1. The molecule has 1 aliphatic rings. The fourth-order valence-corrected chi connectivity index (χ4v) is 4.23. The number of hydrogen-bond donors (Lipinski definition) is 1. The first-order valence-electron chi connectivity index (χ1n) is 8.24. The van der Waals surface area contributed by atoms with E-state index in [9.17, 15) is 4.79 Å². The summed E-state index contributed by atoms with van der Waals surface area (Å²) in [6, 6.07) is 9.98. The standard InChI is InChI=1S/C19H20N2O2S/c1-23-14-4-5-17-15(11-14)16(12-20-17)13-6-8-21(9-7-13)19(22)18-3-2-10-24-18/h2-5,10-13,20H,6-9H2,1H3. The molecule has 0 saturated carbocycles. The Morgan fingerprint density at radius 1 is 1.29 bits per heavy atom. The Labute approximate surface area is 145 Å². The van der Waals surface area contributed by atoms with Crippen molar-refractivity contribution in [3.05, 3.63) is 52.3 Å². The van der Waals surface area contributed by atoms with Crippen molar-refractivity contribution in [3.63, 3.8) is 0 Å². The third-order valence-electron chi connectivity index (χ3n) is 4.87. The zero-order valence-electron chi connectivity index (χ0n) is 13.6. The maximum atomic E-state index is 12.5. The molecule has 4 rings (SSSR count). The van der Waals surface area contributed by atoms with E-state index in [1.165, 1.54) is 22.3 Å². The summed E-state index contributed by atoms with van der Waals surface area (Å²) in [5, 5.41) is 3.19. The van der Waals surface area contributed by atoms with Crippen LogP contribution in [0.2, 0.25) is 0 Å². The van der Waals surface area contributed by atoms with Gasteiger partial charge in [0, 0.05) is 30.2 Å². The molecule has 0 unspecified atom stereocenters. The Balaban J connectivity index is 1.51. The topological polar surface area (TPSA) is 45.3 Å². The Kier molecular flexibility index (Phi) is 4.02. The van der Waals surface area contributed by atoms with Crippen molar-refractivity contribution in [2.24, 2.45) is 0 Å². The number of ether oxygens (including phenoxy) is 1. The van der Waals surface area contributed by atoms with Crippen molar-refractivity contribution in [2.75, 3.05) is 20.2 Å². The van der Waals surface area contributed by atoms with Crippen molar-refractivity contribution >= 4 is 28.1 Å². The average molecular weight is 340 g/mol. The minimum atomic E-state index is 0.170. The molecule has 5 heteroatoms. The van der Waals surface area contributed by atoms with Crippen LogP contribution < -0.4 is 4.74 Å². The van der Waals surface area contributed by atoms with Crippen LogP contribution in [-0.4, -0.2) is 36.0 Å². The Morgan fingerprint density at radius 2 is 2.12 bits per heavy atom. The summed E-state index contributed by atoms with van der Waals surface area (Å²) in [4.78, 5) is 18.6. The number of piperidine rings is 1. The predicted octanol–water partition coefficient (Wildman–Crippen LogP) is 4.26. The summed E-state index contributed by atoms with van der Waals surface area (Å²) in [6.07, 6.45) is 4.12. The number of nitrogens with zero attached hydrogens (tertiary/aromatic N) is 1. The van der Waals surface area contributed by atoms with Crippen LogP contribution in [0, 0.1) is 0 Å². The van der Waals surface area contributed by atoms with Crippen molar-refractivity contribution in [3.8, 4) is 5.75 Å². The first-order valence-corrected chi connectivity index (χ1v) is 9.12. The minimum Gasteiger partial charge on any atom is -0.497 e. The van der Waals surface area contributed by atoms with Crippen molar-refractivity contribution in [1.29, 1.82) is 0 Å². The van der Waals surface area contributed by atoms with Crippen LogP contribution in [-0.2, 0) is 0 Å². The molecule has 3 aromatic rings. The lowest BCUT2D eigenvalue weighted by atomic mass is 9.89. The number of carbonyl (C=O) groups is 1. The Hall–Kier alpha value is -2.27. The maximum Gasteiger partial charge on any atom is 0.263 e. The lowest BCUT2D eigenvalue weighted by molar-refractivity contribution is 0.0718. The van der Waals surface area contributed by atoms with Gasteiger partial charge in [-0.2, -0.15) is 0 Å². The van der Waals surface area contributed by atoms with Gasteiger partial charge in [-0.15, -0.1) is 11.3 Å². The highest BCUT2D eigenvalue weighted by atomic mass is 32.1. The second-order valence-corrected chi connectivity index (χ2v) is 7.15. The number of H-pyrrole nitrogens is 1. The fourth-order valence-electron chi connectivity index (χ4n) is 3.54. The average Bonchev–Trinajstić information content (AvgIpc) is 3.30. The van der Waals surface area contributed by atoms with Gasteiger partial charge in [-0.05, 0) is 54.0 Å². The number of nitrogens with one attached hydrogen (secondary N) is 1. The van der Waals surface area contributed by atoms with Gasteiger partial charge in [0.05, 0.1) is 12.0 Å². The third-order valence-corrected chi connectivity index (χ3v) is 5.73. The molecule has 1 fully saturated rings. The lowest BCUT2D eigenvalue weighted by Crippen LogP contribution is -2.37. The summed E-state index contributed by atoms with van der Waals surface area (Å²) in [5.41, 5.74) is 2.48. The van der Waals surface area contributed by atoms with E-state index >= 15 is 0 Å². The van der Waals surface area contributed by atoms with Crippen LogP contribution in [0.1, 0.15) is 34.0 Å². The number of likely N-dealkylation sites (tertiary alicyclic amines) is 1. The highest BCUT2D eigenvalue weighted by Gasteiger charge is 2.26. The largest absolute Gasteiger partial charge is 0.497 e. The van der Waals surface area contributed by atoms with E-state index in [4.69, 9.17) is 4.74 Å². The molecule has 4 nitrogen and oxygen atoms in total. The van der Waals surface area contributed by atoms with E-state index in [0.717, 1.165) is 42.1 Å². The van der Waals surface area contributed by atoms with Gasteiger partial charge in [0.2, 0.25) is 0 Å². The summed E-state index contributed by atoms with van der Waals surface area (Å²) in [6.45, 7) is 1.64. The van der Waals surface area contributed by atoms with Gasteiger partial charge in [-0.1, -0.05) is 6.07 Å². The molecule has 2 aromatic heterocycles. The van der Waals surface area contributed by atoms with Gasteiger partial charge < -0.3 is 14.6 Å². The number of thiophene rings is 1. The minimum absolute atomic E-state index is 0.170. The number of hydrogen-bond acceptors (Lipinski definition) is 3. The first kappa shape index (κ1) is 15.3. The second kappa shape index (κ2) is 6.32. The van der Waals surface area contributed by atoms with Gasteiger partial charge in [-0.25, -0.2) is 0 Å². The predicted molar refractivity (Wildman–Crippen MR) is 97.0 cm³/mol. The van der Waals surface area contributed by atoms with Crippen molar-refractivity contribution in [2.45, 2.75) is 18.8 Å². The van der Waals surface area contributed by atoms with Gasteiger partial charge >= 0.3 is 0 Å². The lowest BCUT2D eigenvalue weighted by Gasteiger charge is -2.31. The van der Waals surface area contributed by atoms with Crippen LogP contribution in [0.4, 0.5) is 0 Å². The maximum absolute atomic E-state index is 12.5. The van der Waals surface area contributed by atoms with Crippen molar-refractivity contribution in [1.82, 2.24) is 9.88 Å². The SMILES string of the molecule is COc1ccc2[nH]cc(C3CCN(C(=O)c4cccs4)CC3)c2c1. The molecule has 1 aliphatic heterocycles. The number of amides is 1. The molecular weight excluding hydrogens is 320 g/mol. The number of rotatable bonds is 3. The van der Waals surface area contributed by atoms with Crippen molar-refractivity contribution < 1.29 is 9.53 Å². The van der Waals surface area contributed by atoms with E-state index in [-0.39, 0.29) is 5.91 Å². The summed E-state index contributed by atoms with van der Waals surface area (Å²) >= 11 is 1.52. The quantitative estimate of drug-likeness (QED) is 0.774. The Bertz CT molecular complexity index is 846. The number of aromatic amines is 1. The second-order valence-electron chi connectivity index (χ2n) is 6.20. The van der Waals surface area contributed by atoms with E-state index in [0.29, 0.717) is 5.92 Å². The van der Waals surface area contributed by atoms with Crippen LogP contribution in [0.25, 0.3) is 10.9 Å². The molecule has 0 bridgehead atoms. The molecule has 124 valence electrons. The molecule has 0 spiro atoms. The molecular formula is C19H20N2O2S. The van der Waals surface area contributed by atoms with Crippen LogP contribution in [0.3, 0.4) is 0 Å². The normalized spacial score (nSPS) is 15.8. The number of benzene rings is 1. The van der Waals surface area contributed by atoms with Gasteiger partial charge in [0.1, 0.15) is 5.75 Å². The number of carbonyl (C=O) groups excluding carboxylic acids is 1. The fraction of sp³-hybridized carbons (Fsp3) is 0.316. The molecule has 0 atom stereocenters. The van der Waals surface area contributed by atoms with Crippen LogP contribution in [0.5, 0.6) is 5.75 Å². The molecule has 3 heterocycles. The molecule has 1 aromatic carbocycles. The molecule has 0 aliphatic carbocycles. The summed E-state index contributed by atoms with van der Waals surface area (Å²) in [7, 11) is 1.70. The van der Waals surface area contributed by atoms with E-state index in [1.54, 1.807) is 7.11 Å². The summed E-state index contributed by atoms with van der Waals surface area (Å²) in [5.74, 6) is 1.54. The molecule has 1 saturated heterocycles.